The highest BCUT2D eigenvalue weighted by molar-refractivity contribution is 5.73. The molecule has 5 aromatic rings. The first-order valence-corrected chi connectivity index (χ1v) is 12.0. The van der Waals surface area contributed by atoms with Crippen LogP contribution in [0.15, 0.2) is 85.1 Å². The zero-order chi connectivity index (χ0) is 29.5. The summed E-state index contributed by atoms with van der Waals surface area (Å²) in [6.07, 6.45) is -2.99. The highest BCUT2D eigenvalue weighted by Crippen LogP contribution is 2.38. The van der Waals surface area contributed by atoms with Crippen LogP contribution in [0, 0.1) is 41.8 Å². The van der Waals surface area contributed by atoms with Crippen molar-refractivity contribution in [2.75, 3.05) is 0 Å². The van der Waals surface area contributed by atoms with Crippen LogP contribution in [0.4, 0.5) is 35.1 Å². The molecule has 2 nitrogen and oxygen atoms in total. The lowest BCUT2D eigenvalue weighted by Crippen LogP contribution is -2.25. The van der Waals surface area contributed by atoms with E-state index in [0.717, 1.165) is 17.7 Å². The summed E-state index contributed by atoms with van der Waals surface area (Å²) in [5.41, 5.74) is -0.436. The van der Waals surface area contributed by atoms with Crippen LogP contribution in [0.2, 0.25) is 0 Å². The highest BCUT2D eigenvalue weighted by Gasteiger charge is 2.41. The van der Waals surface area contributed by atoms with Crippen molar-refractivity contribution in [2.45, 2.75) is 13.0 Å². The number of hydrogen-bond donors (Lipinski definition) is 0. The van der Waals surface area contributed by atoms with Gasteiger partial charge in [-0.15, -0.1) is 0 Å². The minimum absolute atomic E-state index is 0.0491. The van der Waals surface area contributed by atoms with Crippen molar-refractivity contribution >= 4 is 0 Å². The van der Waals surface area contributed by atoms with Gasteiger partial charge in [-0.05, 0) is 66.1 Å². The van der Waals surface area contributed by atoms with E-state index in [9.17, 15) is 30.7 Å². The molecule has 0 N–H and O–H groups in total. The summed E-state index contributed by atoms with van der Waals surface area (Å²) >= 11 is 0. The largest absolute Gasteiger partial charge is 0.432 e. The molecule has 4 aromatic carbocycles. The molecule has 0 saturated heterocycles. The molecule has 1 heterocycles. The first kappa shape index (κ1) is 27.8. The van der Waals surface area contributed by atoms with E-state index in [1.807, 2.05) is 13.0 Å². The van der Waals surface area contributed by atoms with E-state index in [4.69, 9.17) is 0 Å². The Morgan fingerprint density at radius 3 is 1.73 bits per heavy atom. The smallest absolute Gasteiger partial charge is 0.429 e. The zero-order valence-electron chi connectivity index (χ0n) is 21.0. The Morgan fingerprint density at radius 2 is 1.15 bits per heavy atom. The second-order valence-electron chi connectivity index (χ2n) is 9.12. The van der Waals surface area contributed by atoms with E-state index >= 15 is 4.39 Å². The number of pyridine rings is 1. The van der Waals surface area contributed by atoms with Crippen LogP contribution >= 0.6 is 0 Å². The van der Waals surface area contributed by atoms with Gasteiger partial charge in [0.1, 0.15) is 34.6 Å². The maximum absolute atomic E-state index is 15.1. The van der Waals surface area contributed by atoms with Gasteiger partial charge in [-0.3, -0.25) is 4.98 Å². The van der Waals surface area contributed by atoms with Gasteiger partial charge in [0.05, 0.1) is 5.69 Å². The van der Waals surface area contributed by atoms with Crippen molar-refractivity contribution in [2.24, 2.45) is 0 Å². The predicted molar refractivity (Wildman–Crippen MR) is 136 cm³/mol. The molecule has 0 fully saturated rings. The SMILES string of the molecule is Cc1ccc(-c2ccc(-c3ccc(-c4cc(F)c(C(F)(F)Oc5ccc(F)c(F)c5)c(F)c4)c(F)c3)c(F)c2)nc1. The van der Waals surface area contributed by atoms with Crippen molar-refractivity contribution in [3.8, 4) is 39.3 Å². The third-order valence-electron chi connectivity index (χ3n) is 6.24. The Hall–Kier alpha value is -4.73. The van der Waals surface area contributed by atoms with Crippen LogP contribution in [0.1, 0.15) is 11.1 Å². The standard InChI is InChI=1S/C31H17F8NO/c1-16-2-9-29(40-15-16)18-4-7-21(25(34)11-18)17-3-6-22(24(33)10-17)19-12-27(36)30(28(37)13-19)31(38,39)41-20-5-8-23(32)26(35)14-20/h2-15H,1H3. The quantitative estimate of drug-likeness (QED) is 0.190. The van der Waals surface area contributed by atoms with Crippen molar-refractivity contribution < 1.29 is 39.9 Å². The number of hydrogen-bond acceptors (Lipinski definition) is 2. The van der Waals surface area contributed by atoms with Crippen LogP contribution in [0.25, 0.3) is 33.5 Å². The Kier molecular flexibility index (Phi) is 7.25. The number of nitrogens with zero attached hydrogens (tertiary/aromatic N) is 1. The normalized spacial score (nSPS) is 11.5. The predicted octanol–water partition coefficient (Wildman–Crippen LogP) is 9.35. The molecule has 0 aliphatic carbocycles. The minimum Gasteiger partial charge on any atom is -0.429 e. The van der Waals surface area contributed by atoms with Gasteiger partial charge in [-0.1, -0.05) is 30.3 Å². The number of aromatic nitrogens is 1. The summed E-state index contributed by atoms with van der Waals surface area (Å²) in [6.45, 7) is 1.86. The molecule has 5 rings (SSSR count). The van der Waals surface area contributed by atoms with Crippen molar-refractivity contribution in [3.63, 3.8) is 0 Å². The van der Waals surface area contributed by atoms with Gasteiger partial charge >= 0.3 is 6.11 Å². The second kappa shape index (κ2) is 10.7. The molecular formula is C31H17F8NO. The fourth-order valence-corrected chi connectivity index (χ4v) is 4.21. The molecule has 208 valence electrons. The van der Waals surface area contributed by atoms with E-state index < -0.39 is 57.9 Å². The van der Waals surface area contributed by atoms with Gasteiger partial charge in [0.25, 0.3) is 0 Å². The van der Waals surface area contributed by atoms with Crippen LogP contribution in [0.3, 0.4) is 0 Å². The first-order chi connectivity index (χ1) is 19.4. The number of halogens is 8. The van der Waals surface area contributed by atoms with Gasteiger partial charge in [-0.2, -0.15) is 8.78 Å². The summed E-state index contributed by atoms with van der Waals surface area (Å²) in [6, 6.07) is 13.6. The van der Waals surface area contributed by atoms with Gasteiger partial charge in [0.15, 0.2) is 11.6 Å². The molecular weight excluding hydrogens is 554 g/mol. The summed E-state index contributed by atoms with van der Waals surface area (Å²) in [7, 11) is 0. The fraction of sp³-hybridized carbons (Fsp3) is 0.0645. The molecule has 0 aliphatic heterocycles. The summed E-state index contributed by atoms with van der Waals surface area (Å²) in [5, 5.41) is 0. The lowest BCUT2D eigenvalue weighted by Gasteiger charge is -2.20. The maximum atomic E-state index is 15.1. The molecule has 10 heteroatoms. The lowest BCUT2D eigenvalue weighted by atomic mass is 9.97. The van der Waals surface area contributed by atoms with Gasteiger partial charge in [0.2, 0.25) is 0 Å². The summed E-state index contributed by atoms with van der Waals surface area (Å²) in [5.74, 6) is -8.94. The van der Waals surface area contributed by atoms with Crippen LogP contribution in [-0.2, 0) is 6.11 Å². The molecule has 0 bridgehead atoms. The Bertz CT molecular complexity index is 1750. The molecule has 0 saturated carbocycles. The Labute approximate surface area is 228 Å². The molecule has 0 amide bonds. The molecule has 1 aromatic heterocycles. The van der Waals surface area contributed by atoms with Crippen LogP contribution in [0.5, 0.6) is 5.75 Å². The average Bonchev–Trinajstić information content (AvgIpc) is 2.90. The lowest BCUT2D eigenvalue weighted by molar-refractivity contribution is -0.189. The van der Waals surface area contributed by atoms with Crippen molar-refractivity contribution in [3.05, 3.63) is 131 Å². The van der Waals surface area contributed by atoms with Gasteiger partial charge < -0.3 is 4.74 Å². The summed E-state index contributed by atoms with van der Waals surface area (Å²) < 4.78 is 119. The number of benzene rings is 4. The van der Waals surface area contributed by atoms with E-state index in [-0.39, 0.29) is 16.7 Å². The van der Waals surface area contributed by atoms with Crippen LogP contribution < -0.4 is 4.74 Å². The number of alkyl halides is 2. The molecule has 0 radical (unpaired) electrons. The van der Waals surface area contributed by atoms with Crippen molar-refractivity contribution in [1.29, 1.82) is 0 Å². The Balaban J connectivity index is 1.43. The summed E-state index contributed by atoms with van der Waals surface area (Å²) in [4.78, 5) is 4.24. The topological polar surface area (TPSA) is 22.1 Å². The number of ether oxygens (including phenoxy) is 1. The van der Waals surface area contributed by atoms with Crippen LogP contribution in [-0.4, -0.2) is 4.98 Å². The van der Waals surface area contributed by atoms with E-state index in [1.54, 1.807) is 18.3 Å². The van der Waals surface area contributed by atoms with Crippen molar-refractivity contribution in [1.82, 2.24) is 4.98 Å². The second-order valence-corrected chi connectivity index (χ2v) is 9.12. The zero-order valence-corrected chi connectivity index (χ0v) is 21.0. The molecule has 0 unspecified atom stereocenters. The molecule has 0 aliphatic rings. The third-order valence-corrected chi connectivity index (χ3v) is 6.24. The van der Waals surface area contributed by atoms with E-state index in [0.29, 0.717) is 41.6 Å². The third kappa shape index (κ3) is 5.63. The number of aryl methyl sites for hydroxylation is 1. The van der Waals surface area contributed by atoms with Gasteiger partial charge in [0, 0.05) is 29.0 Å². The Morgan fingerprint density at radius 1 is 0.561 bits per heavy atom. The van der Waals surface area contributed by atoms with E-state index in [2.05, 4.69) is 9.72 Å². The fourth-order valence-electron chi connectivity index (χ4n) is 4.21. The highest BCUT2D eigenvalue weighted by atomic mass is 19.3. The monoisotopic (exact) mass is 571 g/mol. The minimum atomic E-state index is -4.63. The maximum Gasteiger partial charge on any atom is 0.432 e. The average molecular weight is 571 g/mol. The first-order valence-electron chi connectivity index (χ1n) is 12.0. The van der Waals surface area contributed by atoms with Gasteiger partial charge in [-0.25, -0.2) is 26.3 Å². The molecule has 0 atom stereocenters. The van der Waals surface area contributed by atoms with E-state index in [1.165, 1.54) is 18.2 Å². The molecule has 41 heavy (non-hydrogen) atoms. The molecule has 0 spiro atoms. The number of rotatable bonds is 6.